The molecule has 3 aliphatic heterocycles. The Hall–Kier alpha value is -4.17. The second kappa shape index (κ2) is 17.4. The average molecular weight is 725 g/mol. The standard InChI is InChI=1S/C37H48N4O9S/c42-33(20-21-34(43)48-25-9-10-26-49-36-37(41(44)50-38-36)51(45,46)30-16-5-2-6-17-30)47-24-8-7-19-32-31-18-12-23-39-22-11-13-28(35(31)39)27-40(32)29-14-3-1-4-15-29/h1-6,14-17,28,31-32,35H,7-13,18-27H2. The Kier molecular flexibility index (Phi) is 12.5. The molecule has 51 heavy (non-hydrogen) atoms. The summed E-state index contributed by atoms with van der Waals surface area (Å²) in [4.78, 5) is 29.7. The van der Waals surface area contributed by atoms with Crippen molar-refractivity contribution in [1.82, 2.24) is 10.1 Å². The number of ether oxygens (including phenoxy) is 3. The number of hydrogen-bond acceptors (Lipinski definition) is 12. The summed E-state index contributed by atoms with van der Waals surface area (Å²) < 4.78 is 46.2. The van der Waals surface area contributed by atoms with Crippen LogP contribution >= 0.6 is 0 Å². The van der Waals surface area contributed by atoms with Crippen LogP contribution in [-0.2, 0) is 28.9 Å². The molecule has 0 aliphatic carbocycles. The molecule has 1 aromatic heterocycles. The van der Waals surface area contributed by atoms with Gasteiger partial charge in [-0.15, -0.1) is 0 Å². The molecule has 4 heterocycles. The molecule has 4 unspecified atom stereocenters. The van der Waals surface area contributed by atoms with Crippen LogP contribution in [0, 0.1) is 17.0 Å². The summed E-state index contributed by atoms with van der Waals surface area (Å²) in [5.74, 6) is 0.0269. The number of aromatic nitrogens is 2. The molecule has 13 nitrogen and oxygen atoms in total. The number of piperidine rings is 3. The fraction of sp³-hybridized carbons (Fsp3) is 0.568. The van der Waals surface area contributed by atoms with Gasteiger partial charge in [-0.3, -0.25) is 19.1 Å². The number of para-hydroxylation sites is 1. The Bertz CT molecular complexity index is 1690. The van der Waals surface area contributed by atoms with E-state index >= 15 is 0 Å². The number of hydrogen-bond donors (Lipinski definition) is 0. The fourth-order valence-corrected chi connectivity index (χ4v) is 9.37. The van der Waals surface area contributed by atoms with Crippen LogP contribution in [0.15, 0.2) is 75.2 Å². The van der Waals surface area contributed by atoms with Crippen molar-refractivity contribution in [2.45, 2.75) is 92.6 Å². The number of anilines is 1. The van der Waals surface area contributed by atoms with Gasteiger partial charge in [0.1, 0.15) is 0 Å². The van der Waals surface area contributed by atoms with E-state index in [0.717, 1.165) is 31.7 Å². The highest BCUT2D eigenvalue weighted by Gasteiger charge is 2.48. The van der Waals surface area contributed by atoms with Crippen molar-refractivity contribution in [3.05, 3.63) is 65.9 Å². The minimum atomic E-state index is -4.20. The Morgan fingerprint density at radius 3 is 2.20 bits per heavy atom. The second-order valence-corrected chi connectivity index (χ2v) is 15.5. The summed E-state index contributed by atoms with van der Waals surface area (Å²) in [6.45, 7) is 4.01. The third-order valence-corrected chi connectivity index (χ3v) is 12.1. The molecule has 4 atom stereocenters. The van der Waals surface area contributed by atoms with Gasteiger partial charge in [0.15, 0.2) is 0 Å². The predicted molar refractivity (Wildman–Crippen MR) is 185 cm³/mol. The maximum absolute atomic E-state index is 12.8. The van der Waals surface area contributed by atoms with Crippen LogP contribution in [0.4, 0.5) is 5.69 Å². The Morgan fingerprint density at radius 2 is 1.49 bits per heavy atom. The van der Waals surface area contributed by atoms with Crippen LogP contribution in [0.25, 0.3) is 0 Å². The maximum atomic E-state index is 12.8. The quantitative estimate of drug-likeness (QED) is 0.108. The first kappa shape index (κ1) is 36.6. The third-order valence-electron chi connectivity index (χ3n) is 10.3. The lowest BCUT2D eigenvalue weighted by Gasteiger charge is -2.58. The van der Waals surface area contributed by atoms with E-state index in [4.69, 9.17) is 14.2 Å². The highest BCUT2D eigenvalue weighted by Crippen LogP contribution is 2.44. The van der Waals surface area contributed by atoms with Gasteiger partial charge >= 0.3 is 22.8 Å². The number of benzene rings is 2. The summed E-state index contributed by atoms with van der Waals surface area (Å²) in [5.41, 5.74) is 1.31. The van der Waals surface area contributed by atoms with Crippen LogP contribution in [0.1, 0.15) is 70.6 Å². The molecule has 14 heteroatoms. The minimum Gasteiger partial charge on any atom is -0.466 e. The van der Waals surface area contributed by atoms with E-state index in [9.17, 15) is 23.2 Å². The largest absolute Gasteiger partial charge is 0.466 e. The van der Waals surface area contributed by atoms with Crippen LogP contribution in [-0.4, -0.2) is 82.0 Å². The van der Waals surface area contributed by atoms with Crippen LogP contribution in [0.2, 0.25) is 0 Å². The first-order chi connectivity index (χ1) is 24.8. The molecule has 0 saturated carbocycles. The molecule has 2 aromatic carbocycles. The van der Waals surface area contributed by atoms with Crippen molar-refractivity contribution in [2.75, 3.05) is 44.4 Å². The Morgan fingerprint density at radius 1 is 0.863 bits per heavy atom. The summed E-state index contributed by atoms with van der Waals surface area (Å²) in [5, 5.41) is 14.7. The second-order valence-electron chi connectivity index (χ2n) is 13.6. The van der Waals surface area contributed by atoms with Gasteiger partial charge in [0, 0.05) is 24.3 Å². The van der Waals surface area contributed by atoms with Crippen LogP contribution in [0.3, 0.4) is 0 Å². The average Bonchev–Trinajstić information content (AvgIpc) is 3.54. The zero-order valence-corrected chi connectivity index (χ0v) is 29.8. The molecule has 3 aliphatic rings. The van der Waals surface area contributed by atoms with Crippen LogP contribution in [0.5, 0.6) is 5.88 Å². The monoisotopic (exact) mass is 724 g/mol. The molecule has 0 radical (unpaired) electrons. The number of rotatable bonds is 17. The topological polar surface area (TPSA) is 155 Å². The van der Waals surface area contributed by atoms with Gasteiger partial charge in [-0.25, -0.2) is 8.42 Å². The molecule has 3 saturated heterocycles. The zero-order chi connectivity index (χ0) is 35.6. The molecule has 0 N–H and O–H groups in total. The first-order valence-corrected chi connectivity index (χ1v) is 19.7. The summed E-state index contributed by atoms with van der Waals surface area (Å²) in [6.07, 6.45) is 8.64. The van der Waals surface area contributed by atoms with Crippen molar-refractivity contribution >= 4 is 27.5 Å². The molecular weight excluding hydrogens is 676 g/mol. The number of sulfone groups is 1. The molecule has 0 amide bonds. The molecular formula is C37H48N4O9S. The van der Waals surface area contributed by atoms with Crippen molar-refractivity contribution in [1.29, 1.82) is 0 Å². The molecule has 6 rings (SSSR count). The van der Waals surface area contributed by atoms with Gasteiger partial charge in [-0.05, 0) is 112 Å². The number of nitrogens with zero attached hydrogens (tertiary/aromatic N) is 4. The minimum absolute atomic E-state index is 0.0129. The van der Waals surface area contributed by atoms with Crippen molar-refractivity contribution in [3.63, 3.8) is 0 Å². The number of carbonyl (C=O) groups excluding carboxylic acids is 2. The number of unbranched alkanes of at least 4 members (excludes halogenated alkanes) is 2. The van der Waals surface area contributed by atoms with Crippen molar-refractivity contribution < 1.29 is 41.7 Å². The van der Waals surface area contributed by atoms with Gasteiger partial charge in [0.05, 0.1) is 42.7 Å². The van der Waals surface area contributed by atoms with E-state index in [0.29, 0.717) is 37.5 Å². The molecule has 0 bridgehead atoms. The number of esters is 2. The number of carbonyl (C=O) groups is 2. The summed E-state index contributed by atoms with van der Waals surface area (Å²) >= 11 is 0. The van der Waals surface area contributed by atoms with E-state index in [1.807, 2.05) is 0 Å². The molecule has 276 valence electrons. The highest BCUT2D eigenvalue weighted by atomic mass is 32.2. The normalized spacial score (nSPS) is 21.8. The van der Waals surface area contributed by atoms with E-state index < -0.39 is 32.7 Å². The van der Waals surface area contributed by atoms with Gasteiger partial charge in [-0.1, -0.05) is 36.4 Å². The van der Waals surface area contributed by atoms with Crippen molar-refractivity contribution in [2.24, 2.45) is 11.8 Å². The smallest absolute Gasteiger partial charge is 0.414 e. The lowest BCUT2D eigenvalue weighted by molar-refractivity contribution is -0.832. The summed E-state index contributed by atoms with van der Waals surface area (Å²) in [6, 6.07) is 19.4. The van der Waals surface area contributed by atoms with Gasteiger partial charge in [0.25, 0.3) is 9.84 Å². The zero-order valence-electron chi connectivity index (χ0n) is 29.0. The van der Waals surface area contributed by atoms with E-state index in [1.165, 1.54) is 68.7 Å². The third kappa shape index (κ3) is 9.01. The van der Waals surface area contributed by atoms with E-state index in [1.54, 1.807) is 6.07 Å². The Labute approximate surface area is 299 Å². The predicted octanol–water partition coefficient (Wildman–Crippen LogP) is 4.72. The highest BCUT2D eigenvalue weighted by molar-refractivity contribution is 7.91. The maximum Gasteiger partial charge on any atom is 0.414 e. The van der Waals surface area contributed by atoms with E-state index in [-0.39, 0.29) is 35.9 Å². The molecule has 3 fully saturated rings. The van der Waals surface area contributed by atoms with Gasteiger partial charge in [0.2, 0.25) is 0 Å². The van der Waals surface area contributed by atoms with Crippen molar-refractivity contribution in [3.8, 4) is 5.88 Å². The molecule has 0 spiro atoms. The van der Waals surface area contributed by atoms with Gasteiger partial charge in [-0.2, -0.15) is 0 Å². The summed E-state index contributed by atoms with van der Waals surface area (Å²) in [7, 11) is -4.20. The SMILES string of the molecule is O=C(CCC(=O)OCCCCC1C2CCCN3CCCC(CN1c1ccccc1)C23)OCCCCOc1no[n+]([O-])c1S(=O)(=O)c1ccccc1. The van der Waals surface area contributed by atoms with E-state index in [2.05, 4.69) is 49.9 Å². The fourth-order valence-electron chi connectivity index (χ4n) is 8.07. The molecule has 3 aromatic rings. The van der Waals surface area contributed by atoms with Crippen LogP contribution < -0.4 is 14.5 Å². The first-order valence-electron chi connectivity index (χ1n) is 18.2. The lowest BCUT2D eigenvalue weighted by atomic mass is 9.69. The van der Waals surface area contributed by atoms with Gasteiger partial charge < -0.3 is 24.3 Å². The lowest BCUT2D eigenvalue weighted by Crippen LogP contribution is -2.64. The Balaban J connectivity index is 0.856.